The second-order valence-corrected chi connectivity index (χ2v) is 1.77. The van der Waals surface area contributed by atoms with Crippen LogP contribution in [-0.2, 0) is 9.53 Å². The fourth-order valence-electron chi connectivity index (χ4n) is 0.675. The van der Waals surface area contributed by atoms with Crippen molar-refractivity contribution >= 4 is 5.97 Å². The molecular weight excluding hydrogens is 124 g/mol. The Bertz CT molecular complexity index is 163. The summed E-state index contributed by atoms with van der Waals surface area (Å²) in [5.74, 6) is -1.43. The molecule has 1 fully saturated rings. The molecule has 1 saturated heterocycles. The predicted octanol–water partition coefficient (Wildman–Crippen LogP) is -2.11. The van der Waals surface area contributed by atoms with Crippen LogP contribution in [0.1, 0.15) is 7.77 Å². The number of aliphatic hydroxyl groups excluding tert-OH is 1. The number of carbonyl (C=O) groups excluding carboxylic acids is 1. The van der Waals surface area contributed by atoms with Gasteiger partial charge in [0.05, 0.1) is 18.7 Å². The zero-order valence-electron chi connectivity index (χ0n) is 6.57. The molecule has 1 heterocycles. The largest absolute Gasteiger partial charge is 0.547 e. The highest BCUT2D eigenvalue weighted by Crippen LogP contribution is 2.11. The number of carboxylic acid groups (broad SMARTS) is 1. The van der Waals surface area contributed by atoms with Crippen LogP contribution in [0.2, 0.25) is 0 Å². The maximum absolute atomic E-state index is 10.2. The number of carbonyl (C=O) groups is 1. The maximum Gasteiger partial charge on any atom is 0.211 e. The van der Waals surface area contributed by atoms with Crippen LogP contribution in [0.5, 0.6) is 0 Å². The van der Waals surface area contributed by atoms with Crippen molar-refractivity contribution in [1.82, 2.24) is 0 Å². The second-order valence-electron chi connectivity index (χ2n) is 1.77. The highest BCUT2D eigenvalue weighted by atomic mass is 16.5. The summed E-state index contributed by atoms with van der Waals surface area (Å²) >= 11 is 0. The van der Waals surface area contributed by atoms with E-state index in [4.69, 9.17) is 2.80 Å². The molecule has 0 amide bonds. The van der Waals surface area contributed by atoms with Crippen molar-refractivity contribution in [2.45, 2.75) is 18.6 Å². The van der Waals surface area contributed by atoms with E-state index >= 15 is 0 Å². The lowest BCUT2D eigenvalue weighted by Gasteiger charge is -2.13. The molecule has 0 bridgehead atoms. The van der Waals surface area contributed by atoms with Gasteiger partial charge in [-0.05, 0) is 6.40 Å². The summed E-state index contributed by atoms with van der Waals surface area (Å²) in [4.78, 5) is 10.2. The van der Waals surface area contributed by atoms with Crippen LogP contribution in [-0.4, -0.2) is 31.3 Å². The van der Waals surface area contributed by atoms with Crippen molar-refractivity contribution in [2.24, 2.45) is 0 Å². The lowest BCUT2D eigenvalue weighted by molar-refractivity contribution is -0.317. The molecule has 4 nitrogen and oxygen atoms in total. The number of hydrogen-bond donors (Lipinski definition) is 1. The Morgan fingerprint density at radius 3 is 3.33 bits per heavy atom. The molecule has 0 aliphatic carbocycles. The summed E-state index contributed by atoms with van der Waals surface area (Å²) in [6.45, 7) is -0.0256. The molecule has 1 N–H and O–H groups in total. The van der Waals surface area contributed by atoms with Crippen LogP contribution in [0.15, 0.2) is 0 Å². The lowest BCUT2D eigenvalue weighted by Crippen LogP contribution is -2.41. The van der Waals surface area contributed by atoms with Crippen LogP contribution in [0.4, 0.5) is 0 Å². The van der Waals surface area contributed by atoms with E-state index < -0.39 is 24.6 Å². The quantitative estimate of drug-likeness (QED) is 0.468. The van der Waals surface area contributed by atoms with Crippen molar-refractivity contribution in [3.8, 4) is 0 Å². The molecule has 0 radical (unpaired) electrons. The minimum absolute atomic E-state index is 0.0256. The maximum atomic E-state index is 10.2. The van der Waals surface area contributed by atoms with E-state index in [9.17, 15) is 9.90 Å². The molecule has 3 unspecified atom stereocenters. The fourth-order valence-corrected chi connectivity index (χ4v) is 0.675. The summed E-state index contributed by atoms with van der Waals surface area (Å²) in [6.07, 6.45) is -3.11. The molecule has 1 aliphatic heterocycles. The summed E-state index contributed by atoms with van der Waals surface area (Å²) in [5.41, 5.74) is 0. The summed E-state index contributed by atoms with van der Waals surface area (Å²) in [7, 11) is 0. The molecule has 1 aliphatic rings. The lowest BCUT2D eigenvalue weighted by atomic mass is 10.2. The first kappa shape index (κ1) is 4.24. The Hall–Kier alpha value is -0.610. The van der Waals surface area contributed by atoms with E-state index in [2.05, 4.69) is 9.85 Å². The third-order valence-electron chi connectivity index (χ3n) is 1.14. The minimum Gasteiger partial charge on any atom is -0.547 e. The molecule has 0 aromatic rings. The van der Waals surface area contributed by atoms with E-state index in [-0.39, 0.29) is 6.61 Å². The normalized spacial score (nSPS) is 46.0. The van der Waals surface area contributed by atoms with Gasteiger partial charge < -0.3 is 19.7 Å². The van der Waals surface area contributed by atoms with Gasteiger partial charge in [0, 0.05) is 1.37 Å². The summed E-state index contributed by atoms with van der Waals surface area (Å²) < 4.78 is 18.3. The number of aliphatic hydroxyl groups is 1. The van der Waals surface area contributed by atoms with Crippen LogP contribution in [0.25, 0.3) is 0 Å². The van der Waals surface area contributed by atoms with E-state index in [1.165, 1.54) is 0 Å². The Labute approximate surface area is 55.0 Å². The molecule has 3 atom stereocenters. The van der Waals surface area contributed by atoms with Gasteiger partial charge in [-0.1, -0.05) is 0 Å². The molecule has 4 heteroatoms. The van der Waals surface area contributed by atoms with E-state index in [0.717, 1.165) is 0 Å². The molecular formula is C5H7O4-. The first-order valence-electron chi connectivity index (χ1n) is 3.52. The third-order valence-corrected chi connectivity index (χ3v) is 1.14. The molecule has 9 heavy (non-hydrogen) atoms. The zero-order chi connectivity index (χ0) is 8.43. The standard InChI is InChI=1S/C5H8O4/c6-3-1-2-9-4(3)5(7)8/h3-4,6H,1-2H2,(H,7,8)/p-1/i1D,6D. The molecule has 0 spiro atoms. The van der Waals surface area contributed by atoms with Gasteiger partial charge in [-0.25, -0.2) is 0 Å². The number of aliphatic carboxylic acids is 1. The van der Waals surface area contributed by atoms with E-state index in [1.807, 2.05) is 0 Å². The van der Waals surface area contributed by atoms with Crippen molar-refractivity contribution in [1.29, 1.82) is 1.43 Å². The monoisotopic (exact) mass is 133 g/mol. The second kappa shape index (κ2) is 2.33. The van der Waals surface area contributed by atoms with Crippen molar-refractivity contribution in [3.05, 3.63) is 0 Å². The summed E-state index contributed by atoms with van der Waals surface area (Å²) in [6, 6.07) is 0. The predicted molar refractivity (Wildman–Crippen MR) is 25.4 cm³/mol. The Balaban J connectivity index is 2.61. The van der Waals surface area contributed by atoms with Gasteiger partial charge in [0.25, 0.3) is 0 Å². The topological polar surface area (TPSA) is 69.6 Å². The van der Waals surface area contributed by atoms with Crippen LogP contribution < -0.4 is 5.11 Å². The van der Waals surface area contributed by atoms with E-state index in [0.29, 0.717) is 0 Å². The van der Waals surface area contributed by atoms with Crippen LogP contribution in [0.3, 0.4) is 0 Å². The minimum atomic E-state index is -1.43. The van der Waals surface area contributed by atoms with Gasteiger partial charge >= 0.3 is 0 Å². The first-order chi connectivity index (χ1) is 5.16. The zero-order valence-corrected chi connectivity index (χ0v) is 4.57. The van der Waals surface area contributed by atoms with Gasteiger partial charge in [0.2, 0.25) is 1.43 Å². The van der Waals surface area contributed by atoms with Gasteiger partial charge in [0.1, 0.15) is 6.10 Å². The van der Waals surface area contributed by atoms with Crippen molar-refractivity contribution < 1.29 is 21.1 Å². The SMILES string of the molecule is [2H]OC1C([2H])COC1C(=O)[O-]. The smallest absolute Gasteiger partial charge is 0.211 e. The van der Waals surface area contributed by atoms with Gasteiger partial charge in [-0.2, -0.15) is 0 Å². The van der Waals surface area contributed by atoms with E-state index in [1.54, 1.807) is 0 Å². The molecule has 52 valence electrons. The fraction of sp³-hybridized carbons (Fsp3) is 0.800. The van der Waals surface area contributed by atoms with Gasteiger partial charge in [-0.3, -0.25) is 0 Å². The van der Waals surface area contributed by atoms with Crippen LogP contribution >= 0.6 is 0 Å². The average molecular weight is 133 g/mol. The molecule has 0 aromatic heterocycles. The molecule has 0 aromatic carbocycles. The first-order valence-corrected chi connectivity index (χ1v) is 2.53. The van der Waals surface area contributed by atoms with Gasteiger partial charge in [-0.15, -0.1) is 0 Å². The average Bonchev–Trinajstić information content (AvgIpc) is 2.30. The van der Waals surface area contributed by atoms with Crippen LogP contribution in [0, 0.1) is 0 Å². The Kier molecular flexibility index (Phi) is 1.10. The Morgan fingerprint density at radius 2 is 2.89 bits per heavy atom. The number of ether oxygens (including phenoxy) is 1. The molecule has 0 saturated carbocycles. The Morgan fingerprint density at radius 1 is 2.11 bits per heavy atom. The molecule has 1 rings (SSSR count). The van der Waals surface area contributed by atoms with Crippen molar-refractivity contribution in [2.75, 3.05) is 6.61 Å². The van der Waals surface area contributed by atoms with Crippen molar-refractivity contribution in [3.63, 3.8) is 0 Å². The summed E-state index contributed by atoms with van der Waals surface area (Å²) in [5, 5.41) is 14.2. The van der Waals surface area contributed by atoms with Gasteiger partial charge in [0.15, 0.2) is 0 Å². The highest BCUT2D eigenvalue weighted by Gasteiger charge is 2.26. The third kappa shape index (κ3) is 1.20. The number of hydrogen-bond acceptors (Lipinski definition) is 4. The number of carboxylic acids is 1. The highest BCUT2D eigenvalue weighted by molar-refractivity contribution is 5.71. The number of rotatable bonds is 2.